The molecule has 0 bridgehead atoms. The molecule has 3 heterocycles. The summed E-state index contributed by atoms with van der Waals surface area (Å²) in [6.45, 7) is 2.52. The highest BCUT2D eigenvalue weighted by atomic mass is 16.5. The molecule has 1 amide bonds. The second-order valence-electron chi connectivity index (χ2n) is 6.20. The summed E-state index contributed by atoms with van der Waals surface area (Å²) in [5, 5.41) is 9.16. The van der Waals surface area contributed by atoms with E-state index < -0.39 is 5.97 Å². The number of nitrogens with zero attached hydrogens (tertiary/aromatic N) is 4. The van der Waals surface area contributed by atoms with Crippen LogP contribution >= 0.6 is 0 Å². The maximum atomic E-state index is 12.3. The highest BCUT2D eigenvalue weighted by molar-refractivity contribution is 5.88. The van der Waals surface area contributed by atoms with Crippen LogP contribution in [0.2, 0.25) is 0 Å². The SMILES string of the molecule is COCC(=O)N1CCC[C@@H]1c1nc(C)cc(-c2cncc(C(=O)O)c2)n1. The molecule has 0 aliphatic carbocycles. The topological polar surface area (TPSA) is 106 Å². The fourth-order valence-electron chi connectivity index (χ4n) is 3.13. The number of aromatic nitrogens is 3. The average molecular weight is 356 g/mol. The molecule has 2 aromatic heterocycles. The normalized spacial score (nSPS) is 16.7. The van der Waals surface area contributed by atoms with Gasteiger partial charge in [0.25, 0.3) is 0 Å². The molecule has 0 spiro atoms. The van der Waals surface area contributed by atoms with Gasteiger partial charge in [0.2, 0.25) is 5.91 Å². The quantitative estimate of drug-likeness (QED) is 0.871. The number of methoxy groups -OCH3 is 1. The molecular weight excluding hydrogens is 336 g/mol. The van der Waals surface area contributed by atoms with Gasteiger partial charge < -0.3 is 14.7 Å². The first-order valence-electron chi connectivity index (χ1n) is 8.32. The largest absolute Gasteiger partial charge is 0.478 e. The Morgan fingerprint density at radius 2 is 2.12 bits per heavy atom. The minimum absolute atomic E-state index is 0.0275. The second-order valence-corrected chi connectivity index (χ2v) is 6.20. The Labute approximate surface area is 150 Å². The minimum Gasteiger partial charge on any atom is -0.478 e. The summed E-state index contributed by atoms with van der Waals surface area (Å²) in [5.74, 6) is -0.573. The first-order valence-corrected chi connectivity index (χ1v) is 8.32. The van der Waals surface area contributed by atoms with Crippen LogP contribution in [-0.2, 0) is 9.53 Å². The van der Waals surface area contributed by atoms with Gasteiger partial charge in [-0.3, -0.25) is 9.78 Å². The van der Waals surface area contributed by atoms with Crippen molar-refractivity contribution in [2.45, 2.75) is 25.8 Å². The van der Waals surface area contributed by atoms with Crippen LogP contribution < -0.4 is 0 Å². The van der Waals surface area contributed by atoms with Crippen LogP contribution in [0.25, 0.3) is 11.3 Å². The molecule has 8 heteroatoms. The standard InChI is InChI=1S/C18H20N4O4/c1-11-6-14(12-7-13(18(24)25)9-19-8-12)21-17(20-11)15-4-3-5-22(15)16(23)10-26-2/h6-9,15H,3-5,10H2,1-2H3,(H,24,25)/t15-/m1/s1. The van der Waals surface area contributed by atoms with Gasteiger partial charge in [-0.25, -0.2) is 14.8 Å². The van der Waals surface area contributed by atoms with E-state index in [0.717, 1.165) is 18.5 Å². The van der Waals surface area contributed by atoms with Gasteiger partial charge in [0.1, 0.15) is 6.61 Å². The number of ether oxygens (including phenoxy) is 1. The van der Waals surface area contributed by atoms with E-state index in [1.807, 2.05) is 6.92 Å². The zero-order chi connectivity index (χ0) is 18.7. The number of carbonyl (C=O) groups excluding carboxylic acids is 1. The summed E-state index contributed by atoms with van der Waals surface area (Å²) in [4.78, 5) is 38.3. The molecule has 1 fully saturated rings. The van der Waals surface area contributed by atoms with E-state index in [0.29, 0.717) is 23.6 Å². The third-order valence-electron chi connectivity index (χ3n) is 4.29. The summed E-state index contributed by atoms with van der Waals surface area (Å²) in [7, 11) is 1.49. The van der Waals surface area contributed by atoms with E-state index in [9.17, 15) is 9.59 Å². The van der Waals surface area contributed by atoms with Gasteiger partial charge in [0.15, 0.2) is 5.82 Å². The van der Waals surface area contributed by atoms with Crippen molar-refractivity contribution in [3.8, 4) is 11.3 Å². The molecule has 0 unspecified atom stereocenters. The van der Waals surface area contributed by atoms with Crippen LogP contribution in [-0.4, -0.2) is 57.1 Å². The Balaban J connectivity index is 1.96. The van der Waals surface area contributed by atoms with E-state index in [-0.39, 0.29) is 24.1 Å². The number of carbonyl (C=O) groups is 2. The number of aryl methyl sites for hydroxylation is 1. The zero-order valence-electron chi connectivity index (χ0n) is 14.7. The van der Waals surface area contributed by atoms with Gasteiger partial charge in [-0.1, -0.05) is 0 Å². The number of pyridine rings is 1. The monoisotopic (exact) mass is 356 g/mol. The molecule has 3 rings (SSSR count). The number of rotatable bonds is 5. The zero-order valence-corrected chi connectivity index (χ0v) is 14.7. The fourth-order valence-corrected chi connectivity index (χ4v) is 3.13. The first kappa shape index (κ1) is 17.9. The summed E-state index contributed by atoms with van der Waals surface area (Å²) in [6.07, 6.45) is 4.53. The van der Waals surface area contributed by atoms with Gasteiger partial charge in [0.05, 0.1) is 17.3 Å². The van der Waals surface area contributed by atoms with Crippen molar-refractivity contribution in [2.75, 3.05) is 20.3 Å². The molecule has 1 aliphatic rings. The molecule has 0 aromatic carbocycles. The Morgan fingerprint density at radius 1 is 1.31 bits per heavy atom. The number of hydrogen-bond acceptors (Lipinski definition) is 6. The van der Waals surface area contributed by atoms with Crippen LogP contribution in [0, 0.1) is 6.92 Å². The van der Waals surface area contributed by atoms with Crippen molar-refractivity contribution in [3.63, 3.8) is 0 Å². The lowest BCUT2D eigenvalue weighted by Gasteiger charge is -2.24. The Bertz CT molecular complexity index is 840. The molecular formula is C18H20N4O4. The van der Waals surface area contributed by atoms with Crippen LogP contribution in [0.4, 0.5) is 0 Å². The average Bonchev–Trinajstić information content (AvgIpc) is 3.11. The number of aromatic carboxylic acids is 1. The van der Waals surface area contributed by atoms with E-state index in [4.69, 9.17) is 9.84 Å². The molecule has 0 radical (unpaired) electrons. The highest BCUT2D eigenvalue weighted by Crippen LogP contribution is 2.31. The summed E-state index contributed by atoms with van der Waals surface area (Å²) >= 11 is 0. The molecule has 1 aliphatic heterocycles. The molecule has 1 N–H and O–H groups in total. The molecule has 136 valence electrons. The third-order valence-corrected chi connectivity index (χ3v) is 4.29. The Hall–Kier alpha value is -2.87. The van der Waals surface area contributed by atoms with Crippen molar-refractivity contribution in [2.24, 2.45) is 0 Å². The van der Waals surface area contributed by atoms with Gasteiger partial charge in [-0.2, -0.15) is 0 Å². The summed E-state index contributed by atoms with van der Waals surface area (Å²) < 4.78 is 4.96. The van der Waals surface area contributed by atoms with E-state index in [2.05, 4.69) is 15.0 Å². The van der Waals surface area contributed by atoms with Crippen LogP contribution in [0.3, 0.4) is 0 Å². The van der Waals surface area contributed by atoms with Crippen molar-refractivity contribution in [1.29, 1.82) is 0 Å². The van der Waals surface area contributed by atoms with Crippen molar-refractivity contribution in [1.82, 2.24) is 19.9 Å². The van der Waals surface area contributed by atoms with Crippen molar-refractivity contribution >= 4 is 11.9 Å². The Kier molecular flexibility index (Phi) is 5.22. The van der Waals surface area contributed by atoms with Gasteiger partial charge >= 0.3 is 5.97 Å². The van der Waals surface area contributed by atoms with Gasteiger partial charge in [-0.05, 0) is 31.9 Å². The van der Waals surface area contributed by atoms with Gasteiger partial charge in [-0.15, -0.1) is 0 Å². The summed E-state index contributed by atoms with van der Waals surface area (Å²) in [5.41, 5.74) is 2.04. The lowest BCUT2D eigenvalue weighted by atomic mass is 10.1. The molecule has 1 saturated heterocycles. The maximum absolute atomic E-state index is 12.3. The first-order chi connectivity index (χ1) is 12.5. The van der Waals surface area contributed by atoms with Gasteiger partial charge in [0, 0.05) is 37.3 Å². The molecule has 2 aromatic rings. The van der Waals surface area contributed by atoms with E-state index in [1.54, 1.807) is 17.2 Å². The van der Waals surface area contributed by atoms with E-state index >= 15 is 0 Å². The molecule has 8 nitrogen and oxygen atoms in total. The number of hydrogen-bond donors (Lipinski definition) is 1. The lowest BCUT2D eigenvalue weighted by molar-refractivity contribution is -0.136. The van der Waals surface area contributed by atoms with Crippen LogP contribution in [0.5, 0.6) is 0 Å². The third kappa shape index (κ3) is 3.70. The second kappa shape index (κ2) is 7.57. The number of amides is 1. The summed E-state index contributed by atoms with van der Waals surface area (Å²) in [6, 6.07) is 3.11. The van der Waals surface area contributed by atoms with Crippen LogP contribution in [0.1, 0.15) is 40.8 Å². The number of carboxylic acids is 1. The van der Waals surface area contributed by atoms with Crippen molar-refractivity contribution in [3.05, 3.63) is 41.6 Å². The lowest BCUT2D eigenvalue weighted by Crippen LogP contribution is -2.34. The number of likely N-dealkylation sites (tertiary alicyclic amines) is 1. The fraction of sp³-hybridized carbons (Fsp3) is 0.389. The maximum Gasteiger partial charge on any atom is 0.337 e. The Morgan fingerprint density at radius 3 is 2.85 bits per heavy atom. The van der Waals surface area contributed by atoms with Crippen molar-refractivity contribution < 1.29 is 19.4 Å². The molecule has 26 heavy (non-hydrogen) atoms. The minimum atomic E-state index is -1.04. The van der Waals surface area contributed by atoms with Crippen LogP contribution in [0.15, 0.2) is 24.5 Å². The molecule has 0 saturated carbocycles. The highest BCUT2D eigenvalue weighted by Gasteiger charge is 2.32. The number of carboxylic acid groups (broad SMARTS) is 1. The molecule has 1 atom stereocenters. The predicted molar refractivity (Wildman–Crippen MR) is 92.5 cm³/mol. The predicted octanol–water partition coefficient (Wildman–Crippen LogP) is 1.86. The van der Waals surface area contributed by atoms with E-state index in [1.165, 1.54) is 19.4 Å². The smallest absolute Gasteiger partial charge is 0.337 e.